The lowest BCUT2D eigenvalue weighted by molar-refractivity contribution is 1.02. The second kappa shape index (κ2) is 1.51. The van der Waals surface area contributed by atoms with Crippen molar-refractivity contribution in [3.63, 3.8) is 0 Å². The number of H-pyrrole nitrogens is 1. The number of nitrogens with one attached hydrogen (secondary N) is 1. The van der Waals surface area contributed by atoms with Crippen LogP contribution in [0.15, 0.2) is 12.3 Å². The molecule has 0 unspecified atom stereocenters. The average molecular weight is 119 g/mol. The number of aromatic amines is 1. The fourth-order valence-electron chi connectivity index (χ4n) is 0.646. The highest BCUT2D eigenvalue weighted by Crippen LogP contribution is 2.00. The third-order valence-corrected chi connectivity index (χ3v) is 1.05. The molecular weight excluding hydrogens is 116 g/mol. The van der Waals surface area contributed by atoms with Crippen LogP contribution in [0.2, 0.25) is 0 Å². The molecule has 43 valence electrons. The highest BCUT2D eigenvalue weighted by molar-refractivity contribution is 5.71. The minimum absolute atomic E-state index is 0.609. The Labute approximate surface area is 50.9 Å². The maximum atomic E-state index is 3.76. The number of aromatic nitrogens is 4. The predicted octanol–water partition coefficient (Wildman–Crippen LogP) is 0.153. The van der Waals surface area contributed by atoms with Gasteiger partial charge in [-0.15, -0.1) is 5.10 Å². The second-order valence-corrected chi connectivity index (χ2v) is 1.62. The molecule has 0 fully saturated rings. The molecule has 0 amide bonds. The minimum atomic E-state index is 0.609. The molecule has 4 nitrogen and oxygen atoms in total. The van der Waals surface area contributed by atoms with Crippen molar-refractivity contribution >= 4 is 11.0 Å². The van der Waals surface area contributed by atoms with E-state index in [9.17, 15) is 0 Å². The summed E-state index contributed by atoms with van der Waals surface area (Å²) in [5.74, 6) is 0. The van der Waals surface area contributed by atoms with Crippen LogP contribution < -0.4 is 0 Å². The topological polar surface area (TPSA) is 54.5 Å². The third-order valence-electron chi connectivity index (χ3n) is 1.05. The van der Waals surface area contributed by atoms with Gasteiger partial charge in [-0.1, -0.05) is 0 Å². The minimum Gasteiger partial charge on any atom is -0.273 e. The normalized spacial score (nSPS) is 10.2. The first-order chi connectivity index (χ1) is 4.47. The maximum absolute atomic E-state index is 3.76. The molecule has 0 bridgehead atoms. The Hall–Kier alpha value is -1.45. The molecular formula is C5H3N4. The quantitative estimate of drug-likeness (QED) is 0.537. The summed E-state index contributed by atoms with van der Waals surface area (Å²) in [5.41, 5.74) is 0.609. The van der Waals surface area contributed by atoms with Crippen LogP contribution in [0, 0.1) is 6.20 Å². The lowest BCUT2D eigenvalue weighted by Gasteiger charge is -1.77. The van der Waals surface area contributed by atoms with Crippen molar-refractivity contribution in [2.45, 2.75) is 0 Å². The van der Waals surface area contributed by atoms with Crippen LogP contribution in [-0.2, 0) is 0 Å². The standard InChI is InChI=1S/C5H3N4/c1-2-6-8-5-4(1)3-7-9-5/h1-2H,(H,7,8,9). The van der Waals surface area contributed by atoms with E-state index in [2.05, 4.69) is 26.6 Å². The van der Waals surface area contributed by atoms with E-state index in [1.165, 1.54) is 0 Å². The van der Waals surface area contributed by atoms with Gasteiger partial charge in [-0.25, -0.2) is 0 Å². The van der Waals surface area contributed by atoms with E-state index in [1.807, 2.05) is 0 Å². The van der Waals surface area contributed by atoms with Gasteiger partial charge in [0.15, 0.2) is 0 Å². The van der Waals surface area contributed by atoms with Gasteiger partial charge in [0, 0.05) is 0 Å². The van der Waals surface area contributed by atoms with Gasteiger partial charge in [-0.3, -0.25) is 5.10 Å². The maximum Gasteiger partial charge on any atom is 0.203 e. The SMILES string of the molecule is [c]1[nH]nc2nnccc12. The average Bonchev–Trinajstić information content (AvgIpc) is 2.33. The summed E-state index contributed by atoms with van der Waals surface area (Å²) in [7, 11) is 0. The Bertz CT molecular complexity index is 283. The molecule has 0 aliphatic heterocycles. The largest absolute Gasteiger partial charge is 0.273 e. The summed E-state index contributed by atoms with van der Waals surface area (Å²) in [6, 6.07) is 1.80. The van der Waals surface area contributed by atoms with Crippen LogP contribution >= 0.6 is 0 Å². The monoisotopic (exact) mass is 119 g/mol. The Morgan fingerprint density at radius 1 is 1.56 bits per heavy atom. The number of hydrogen-bond acceptors (Lipinski definition) is 3. The second-order valence-electron chi connectivity index (χ2n) is 1.62. The van der Waals surface area contributed by atoms with Crippen LogP contribution in [0.4, 0.5) is 0 Å². The molecule has 2 aromatic heterocycles. The number of rotatable bonds is 0. The van der Waals surface area contributed by atoms with Crippen molar-refractivity contribution in [1.82, 2.24) is 20.4 Å². The lowest BCUT2D eigenvalue weighted by atomic mass is 10.4. The van der Waals surface area contributed by atoms with Gasteiger partial charge in [0.2, 0.25) is 5.65 Å². The van der Waals surface area contributed by atoms with Crippen molar-refractivity contribution < 1.29 is 0 Å². The fourth-order valence-corrected chi connectivity index (χ4v) is 0.646. The molecule has 0 aliphatic rings. The zero-order chi connectivity index (χ0) is 6.10. The Kier molecular flexibility index (Phi) is 0.745. The Morgan fingerprint density at radius 2 is 2.56 bits per heavy atom. The smallest absolute Gasteiger partial charge is 0.203 e. The van der Waals surface area contributed by atoms with Crippen molar-refractivity contribution in [2.24, 2.45) is 0 Å². The summed E-state index contributed by atoms with van der Waals surface area (Å²) < 4.78 is 0. The van der Waals surface area contributed by atoms with E-state index >= 15 is 0 Å². The van der Waals surface area contributed by atoms with E-state index in [0.717, 1.165) is 5.39 Å². The molecule has 1 N–H and O–H groups in total. The summed E-state index contributed by atoms with van der Waals surface area (Å²) in [4.78, 5) is 0. The first kappa shape index (κ1) is 4.43. The highest BCUT2D eigenvalue weighted by atomic mass is 15.2. The molecule has 0 saturated heterocycles. The number of hydrogen-bond donors (Lipinski definition) is 1. The molecule has 0 saturated carbocycles. The molecule has 2 rings (SSSR count). The molecule has 0 aliphatic carbocycles. The van der Waals surface area contributed by atoms with Crippen LogP contribution in [0.5, 0.6) is 0 Å². The lowest BCUT2D eigenvalue weighted by Crippen LogP contribution is -1.78. The van der Waals surface area contributed by atoms with Crippen LogP contribution in [-0.4, -0.2) is 20.4 Å². The van der Waals surface area contributed by atoms with Gasteiger partial charge in [-0.2, -0.15) is 10.2 Å². The predicted molar refractivity (Wildman–Crippen MR) is 30.5 cm³/mol. The van der Waals surface area contributed by atoms with Crippen molar-refractivity contribution in [1.29, 1.82) is 0 Å². The van der Waals surface area contributed by atoms with Gasteiger partial charge in [0.05, 0.1) is 17.8 Å². The van der Waals surface area contributed by atoms with Gasteiger partial charge in [0.1, 0.15) is 0 Å². The van der Waals surface area contributed by atoms with Gasteiger partial charge in [-0.05, 0) is 6.07 Å². The molecule has 2 aromatic rings. The summed E-state index contributed by atoms with van der Waals surface area (Å²) in [6.45, 7) is 0. The number of fused-ring (bicyclic) bond motifs is 1. The molecule has 0 atom stereocenters. The molecule has 2 heterocycles. The molecule has 0 spiro atoms. The van der Waals surface area contributed by atoms with Gasteiger partial charge >= 0.3 is 0 Å². The summed E-state index contributed by atoms with van der Waals surface area (Å²) in [5, 5.41) is 14.5. The van der Waals surface area contributed by atoms with Crippen LogP contribution in [0.25, 0.3) is 11.0 Å². The molecule has 4 heteroatoms. The summed E-state index contributed by atoms with van der Waals surface area (Å²) in [6.07, 6.45) is 4.39. The first-order valence-corrected chi connectivity index (χ1v) is 2.50. The van der Waals surface area contributed by atoms with E-state index < -0.39 is 0 Å². The summed E-state index contributed by atoms with van der Waals surface area (Å²) >= 11 is 0. The molecule has 1 radical (unpaired) electrons. The molecule has 9 heavy (non-hydrogen) atoms. The van der Waals surface area contributed by atoms with Crippen molar-refractivity contribution in [3.05, 3.63) is 18.5 Å². The van der Waals surface area contributed by atoms with E-state index in [-0.39, 0.29) is 0 Å². The number of nitrogens with zero attached hydrogens (tertiary/aromatic N) is 3. The van der Waals surface area contributed by atoms with Crippen LogP contribution in [0.1, 0.15) is 0 Å². The Balaban J connectivity index is 2.95. The first-order valence-electron chi connectivity index (χ1n) is 2.50. The fraction of sp³-hybridized carbons (Fsp3) is 0. The highest BCUT2D eigenvalue weighted by Gasteiger charge is 1.92. The van der Waals surface area contributed by atoms with E-state index in [4.69, 9.17) is 0 Å². The Morgan fingerprint density at radius 3 is 3.44 bits per heavy atom. The van der Waals surface area contributed by atoms with Crippen LogP contribution in [0.3, 0.4) is 0 Å². The van der Waals surface area contributed by atoms with E-state index in [1.54, 1.807) is 12.3 Å². The van der Waals surface area contributed by atoms with Gasteiger partial charge < -0.3 is 0 Å². The third kappa shape index (κ3) is 0.561. The van der Waals surface area contributed by atoms with Crippen molar-refractivity contribution in [2.75, 3.05) is 0 Å². The van der Waals surface area contributed by atoms with Gasteiger partial charge in [0.25, 0.3) is 0 Å². The van der Waals surface area contributed by atoms with Crippen molar-refractivity contribution in [3.8, 4) is 0 Å². The van der Waals surface area contributed by atoms with E-state index in [0.29, 0.717) is 5.65 Å². The zero-order valence-electron chi connectivity index (χ0n) is 4.50. The molecule has 0 aromatic carbocycles. The zero-order valence-corrected chi connectivity index (χ0v) is 4.50.